The molecule has 0 radical (unpaired) electrons. The van der Waals surface area contributed by atoms with Crippen LogP contribution in [0.5, 0.6) is 5.75 Å². The second-order valence-corrected chi connectivity index (χ2v) is 6.01. The molecule has 3 rings (SSSR count). The summed E-state index contributed by atoms with van der Waals surface area (Å²) in [5.74, 6) is 0.556. The Morgan fingerprint density at radius 1 is 1.19 bits per heavy atom. The first kappa shape index (κ1) is 17.7. The summed E-state index contributed by atoms with van der Waals surface area (Å²) in [7, 11) is 0. The molecule has 1 aromatic carbocycles. The number of para-hydroxylation sites is 2. The first-order chi connectivity index (χ1) is 12.6. The van der Waals surface area contributed by atoms with Gasteiger partial charge < -0.3 is 15.0 Å². The van der Waals surface area contributed by atoms with Crippen molar-refractivity contribution in [2.24, 2.45) is 0 Å². The van der Waals surface area contributed by atoms with Crippen molar-refractivity contribution in [3.63, 3.8) is 0 Å². The van der Waals surface area contributed by atoms with Crippen LogP contribution in [-0.4, -0.2) is 35.5 Å². The van der Waals surface area contributed by atoms with Crippen molar-refractivity contribution < 1.29 is 14.5 Å². The van der Waals surface area contributed by atoms with Gasteiger partial charge in [0.25, 0.3) is 5.91 Å². The maximum absolute atomic E-state index is 12.0. The molecule has 0 spiro atoms. The summed E-state index contributed by atoms with van der Waals surface area (Å²) in [6.07, 6.45) is 5.20. The maximum Gasteiger partial charge on any atom is 0.310 e. The lowest BCUT2D eigenvalue weighted by Gasteiger charge is -2.27. The minimum absolute atomic E-state index is 0.0613. The normalized spacial score (nSPS) is 13.9. The molecule has 1 amide bonds. The lowest BCUT2D eigenvalue weighted by Crippen LogP contribution is -2.30. The molecule has 0 saturated carbocycles. The molecule has 1 aliphatic heterocycles. The van der Waals surface area contributed by atoms with Crippen LogP contribution in [0, 0.1) is 10.1 Å². The molecular formula is C18H20N4O4. The Morgan fingerprint density at radius 3 is 2.65 bits per heavy atom. The van der Waals surface area contributed by atoms with Gasteiger partial charge in [0.05, 0.1) is 16.8 Å². The van der Waals surface area contributed by atoms with Crippen molar-refractivity contribution in [2.45, 2.75) is 19.3 Å². The Hall–Kier alpha value is -3.16. The zero-order valence-corrected chi connectivity index (χ0v) is 14.3. The van der Waals surface area contributed by atoms with Crippen LogP contribution < -0.4 is 15.0 Å². The maximum atomic E-state index is 12.0. The highest BCUT2D eigenvalue weighted by Crippen LogP contribution is 2.25. The van der Waals surface area contributed by atoms with Crippen molar-refractivity contribution in [3.8, 4) is 5.75 Å². The summed E-state index contributed by atoms with van der Waals surface area (Å²) in [6, 6.07) is 9.62. The molecule has 0 bridgehead atoms. The first-order valence-corrected chi connectivity index (χ1v) is 8.50. The molecule has 136 valence electrons. The number of carbonyl (C=O) groups is 1. The fourth-order valence-corrected chi connectivity index (χ4v) is 2.84. The van der Waals surface area contributed by atoms with Gasteiger partial charge in [-0.15, -0.1) is 0 Å². The minimum atomic E-state index is -0.545. The van der Waals surface area contributed by atoms with Crippen molar-refractivity contribution in [3.05, 3.63) is 52.7 Å². The average Bonchev–Trinajstić information content (AvgIpc) is 2.68. The molecule has 2 heterocycles. The van der Waals surface area contributed by atoms with Gasteiger partial charge in [-0.1, -0.05) is 12.1 Å². The molecule has 2 aromatic rings. The molecular weight excluding hydrogens is 336 g/mol. The highest BCUT2D eigenvalue weighted by molar-refractivity contribution is 5.91. The SMILES string of the molecule is O=C(COc1ccccc1[N+](=O)[O-])Nc1ccc(N2CCCCC2)nc1. The van der Waals surface area contributed by atoms with E-state index in [1.807, 2.05) is 6.07 Å². The van der Waals surface area contributed by atoms with E-state index < -0.39 is 10.8 Å². The van der Waals surface area contributed by atoms with E-state index in [0.29, 0.717) is 5.69 Å². The van der Waals surface area contributed by atoms with Crippen LogP contribution in [0.15, 0.2) is 42.6 Å². The number of piperidine rings is 1. The monoisotopic (exact) mass is 356 g/mol. The Bertz CT molecular complexity index is 773. The van der Waals surface area contributed by atoms with Crippen molar-refractivity contribution in [1.82, 2.24) is 4.98 Å². The Balaban J connectivity index is 1.54. The quantitative estimate of drug-likeness (QED) is 0.631. The van der Waals surface area contributed by atoms with E-state index >= 15 is 0 Å². The molecule has 1 fully saturated rings. The predicted octanol–water partition coefficient (Wildman–Crippen LogP) is 3.00. The molecule has 1 aliphatic rings. The molecule has 8 nitrogen and oxygen atoms in total. The van der Waals surface area contributed by atoms with Gasteiger partial charge in [0.2, 0.25) is 0 Å². The molecule has 0 unspecified atom stereocenters. The van der Waals surface area contributed by atoms with E-state index in [-0.39, 0.29) is 18.0 Å². The molecule has 26 heavy (non-hydrogen) atoms. The van der Waals surface area contributed by atoms with Gasteiger partial charge in [0.1, 0.15) is 5.82 Å². The fourth-order valence-electron chi connectivity index (χ4n) is 2.84. The summed E-state index contributed by atoms with van der Waals surface area (Å²) in [4.78, 5) is 29.0. The van der Waals surface area contributed by atoms with Crippen molar-refractivity contribution in [2.75, 3.05) is 29.9 Å². The van der Waals surface area contributed by atoms with Crippen LogP contribution in [-0.2, 0) is 4.79 Å². The number of anilines is 2. The lowest BCUT2D eigenvalue weighted by atomic mass is 10.1. The van der Waals surface area contributed by atoms with Gasteiger partial charge in [0, 0.05) is 19.2 Å². The first-order valence-electron chi connectivity index (χ1n) is 8.50. The number of hydrogen-bond donors (Lipinski definition) is 1. The number of pyridine rings is 1. The molecule has 0 atom stereocenters. The van der Waals surface area contributed by atoms with E-state index in [4.69, 9.17) is 4.74 Å². The van der Waals surface area contributed by atoms with Gasteiger partial charge in [-0.05, 0) is 37.5 Å². The Morgan fingerprint density at radius 2 is 1.96 bits per heavy atom. The summed E-state index contributed by atoms with van der Waals surface area (Å²) >= 11 is 0. The van der Waals surface area contributed by atoms with E-state index in [1.165, 1.54) is 31.4 Å². The summed E-state index contributed by atoms with van der Waals surface area (Å²) in [6.45, 7) is 1.68. The number of benzene rings is 1. The number of carbonyl (C=O) groups excluding carboxylic acids is 1. The van der Waals surface area contributed by atoms with E-state index in [1.54, 1.807) is 24.4 Å². The highest BCUT2D eigenvalue weighted by Gasteiger charge is 2.15. The molecule has 1 N–H and O–H groups in total. The highest BCUT2D eigenvalue weighted by atomic mass is 16.6. The van der Waals surface area contributed by atoms with Crippen LogP contribution >= 0.6 is 0 Å². The fraction of sp³-hybridized carbons (Fsp3) is 0.333. The summed E-state index contributed by atoms with van der Waals surface area (Å²) in [5, 5.41) is 13.6. The molecule has 1 aromatic heterocycles. The zero-order valence-electron chi connectivity index (χ0n) is 14.3. The number of aromatic nitrogens is 1. The smallest absolute Gasteiger partial charge is 0.310 e. The standard InChI is InChI=1S/C18H20N4O4/c23-18(13-26-16-7-3-2-6-15(16)22(24)25)20-14-8-9-17(19-12-14)21-10-4-1-5-11-21/h2-3,6-9,12H,1,4-5,10-11,13H2,(H,20,23). The number of nitro benzene ring substituents is 1. The van der Waals surface area contributed by atoms with Crippen LogP contribution in [0.4, 0.5) is 17.2 Å². The van der Waals surface area contributed by atoms with Gasteiger partial charge >= 0.3 is 5.69 Å². The van der Waals surface area contributed by atoms with Gasteiger partial charge in [0.15, 0.2) is 12.4 Å². The number of rotatable bonds is 6. The Labute approximate surface area is 150 Å². The largest absolute Gasteiger partial charge is 0.477 e. The minimum Gasteiger partial charge on any atom is -0.477 e. The molecule has 8 heteroatoms. The third kappa shape index (κ3) is 4.47. The van der Waals surface area contributed by atoms with Crippen LogP contribution in [0.3, 0.4) is 0 Å². The third-order valence-corrected chi connectivity index (χ3v) is 4.13. The predicted molar refractivity (Wildman–Crippen MR) is 97.5 cm³/mol. The van der Waals surface area contributed by atoms with E-state index in [0.717, 1.165) is 18.9 Å². The Kier molecular flexibility index (Phi) is 5.62. The van der Waals surface area contributed by atoms with E-state index in [2.05, 4.69) is 15.2 Å². The number of nitrogens with one attached hydrogen (secondary N) is 1. The van der Waals surface area contributed by atoms with E-state index in [9.17, 15) is 14.9 Å². The average molecular weight is 356 g/mol. The number of amides is 1. The zero-order chi connectivity index (χ0) is 18.4. The van der Waals surface area contributed by atoms with Crippen molar-refractivity contribution in [1.29, 1.82) is 0 Å². The second kappa shape index (κ2) is 8.28. The topological polar surface area (TPSA) is 97.6 Å². The number of nitro groups is 1. The van der Waals surface area contributed by atoms with Gasteiger partial charge in [-0.25, -0.2) is 4.98 Å². The number of ether oxygens (including phenoxy) is 1. The van der Waals surface area contributed by atoms with Gasteiger partial charge in [-0.3, -0.25) is 14.9 Å². The van der Waals surface area contributed by atoms with Gasteiger partial charge in [-0.2, -0.15) is 0 Å². The van der Waals surface area contributed by atoms with Crippen LogP contribution in [0.1, 0.15) is 19.3 Å². The molecule has 0 aliphatic carbocycles. The number of nitrogens with zero attached hydrogens (tertiary/aromatic N) is 3. The number of hydrogen-bond acceptors (Lipinski definition) is 6. The third-order valence-electron chi connectivity index (χ3n) is 4.13. The summed E-state index contributed by atoms with van der Waals surface area (Å²) in [5.41, 5.74) is 0.384. The molecule has 1 saturated heterocycles. The lowest BCUT2D eigenvalue weighted by molar-refractivity contribution is -0.385. The summed E-state index contributed by atoms with van der Waals surface area (Å²) < 4.78 is 5.27. The van der Waals surface area contributed by atoms with Crippen LogP contribution in [0.2, 0.25) is 0 Å². The van der Waals surface area contributed by atoms with Crippen LogP contribution in [0.25, 0.3) is 0 Å². The van der Waals surface area contributed by atoms with Crippen molar-refractivity contribution >= 4 is 23.1 Å². The second-order valence-electron chi connectivity index (χ2n) is 6.01.